The quantitative estimate of drug-likeness (QED) is 0.0257. The average molecular weight is 1810 g/mol. The van der Waals surface area contributed by atoms with E-state index in [0.29, 0.717) is 0 Å². The summed E-state index contributed by atoms with van der Waals surface area (Å²) in [6.45, 7) is 0. The fourth-order valence-electron chi connectivity index (χ4n) is 2.10. The van der Waals surface area contributed by atoms with Crippen LogP contribution in [0.25, 0.3) is 0 Å². The highest BCUT2D eigenvalue weighted by atomic mass is 127. The lowest BCUT2D eigenvalue weighted by Gasteiger charge is -1.71. The summed E-state index contributed by atoms with van der Waals surface area (Å²) in [5, 5.41) is 354. The third-order valence-corrected chi connectivity index (χ3v) is 4.99. The van der Waals surface area contributed by atoms with Gasteiger partial charge < -0.3 is 0 Å². The number of nitrogens with one attached hydrogen (secondary N) is 1. The van der Waals surface area contributed by atoms with Crippen LogP contribution >= 0.6 is 22.6 Å². The lowest BCUT2D eigenvalue weighted by Crippen LogP contribution is -1.52. The second-order valence-corrected chi connectivity index (χ2v) is 11.2. The molecule has 121 heavy (non-hydrogen) atoms. The molecular weight excluding hydrogens is 1810 g/mol. The van der Waals surface area contributed by atoms with Crippen molar-refractivity contribution in [3.63, 3.8) is 0 Å². The highest BCUT2D eigenvalue weighted by Gasteiger charge is 1.82. The van der Waals surface area contributed by atoms with Gasteiger partial charge in [-0.25, -0.2) is 0 Å². The molecule has 0 amide bonds. The predicted octanol–water partition coefficient (Wildman–Crippen LogP) is 22.7. The third kappa shape index (κ3) is 96.8. The second-order valence-electron chi connectivity index (χ2n) is 10.7. The van der Waals surface area contributed by atoms with Crippen LogP contribution in [0, 0.1) is 5.53 Å². The van der Waals surface area contributed by atoms with E-state index in [9.17, 15) is 0 Å². The summed E-state index contributed by atoms with van der Waals surface area (Å²) in [4.78, 5) is 0. The zero-order chi connectivity index (χ0) is 86.1. The molecule has 0 aliphatic carbocycles. The summed E-state index contributed by atoms with van der Waals surface area (Å²) < 4.78 is 1.33. The van der Waals surface area contributed by atoms with Crippen LogP contribution in [-0.2, 0) is 0 Å². The lowest BCUT2D eigenvalue weighted by atomic mass is 11.7. The standard InChI is InChI=1S/CH2IN119/c2-1-4-6-8-10-12-14-16-18-20-22-24-26-28-30-32-34-36-38-40-42-44-46-48-50-52-54-56-58-60-62-64-66-68-70-72-74-76-78-80-82-84-86-88-90-92-94-96-98-100-102-104-106-108-110-112-114-116-118-120-121-119-117-115-113-111-109-107-105-103-101-99-97-95-93-91-89-87-85-83-81-79-77-75-73-71-69-67-65-63-61-59-57-55-53-51-49-47-45-43-41-39-37-35-33-31-29-27-25-23-21-19-17-15-13-11-9-7-5-3/h1,3H. The van der Waals surface area contributed by atoms with Crippen molar-refractivity contribution < 1.29 is 0 Å². The SMILES string of the molecule is N=NN=NN=NN=NN=NN=NN=NN=NN=NN=NN=NN=NN=NN=NN=NN=NN=NN=NN=NN=NN=NN=NN=NN=NN=NN=NN=NN=NN=NN=NN=NN=NN=NN=NN=NN=NN=NN=NN=NN=NN=NN=NN=NN=NN=NN=NN=NN=NN=NN=NN=NN=NN=NN=NN=NN=NN=NN=NN=NN=CI. The largest absolute Gasteiger partial charge is 0.183 e. The predicted molar refractivity (Wildman–Crippen MR) is 309 cm³/mol. The van der Waals surface area contributed by atoms with Gasteiger partial charge in [-0.05, 0) is 106 Å². The molecule has 119 nitrogen and oxygen atoms in total. The molecule has 0 fully saturated rings. The molecule has 0 spiro atoms. The van der Waals surface area contributed by atoms with Gasteiger partial charge in [-0.3, -0.25) is 0 Å². The monoisotopic (exact) mass is 1810 g/mol. The van der Waals surface area contributed by atoms with E-state index in [4.69, 9.17) is 5.53 Å². The van der Waals surface area contributed by atoms with Crippen molar-refractivity contribution in [3.05, 3.63) is 0 Å². The normalized spacial score (nSPS) is 15.7. The highest BCUT2D eigenvalue weighted by Crippen LogP contribution is 2.00. The smallest absolute Gasteiger partial charge is 0.0897 e. The Morgan fingerprint density at radius 2 is 0.132 bits per heavy atom. The Hall–Kier alpha value is -23.2. The fraction of sp³-hybridized carbons (Fsp3) is 0. The van der Waals surface area contributed by atoms with Crippen molar-refractivity contribution in [1.29, 1.82) is 5.53 Å². The van der Waals surface area contributed by atoms with Crippen molar-refractivity contribution in [2.45, 2.75) is 0 Å². The van der Waals surface area contributed by atoms with E-state index in [1.54, 1.807) is 0 Å². The molecule has 0 aromatic heterocycles. The van der Waals surface area contributed by atoms with Crippen molar-refractivity contribution in [1.82, 2.24) is 0 Å². The van der Waals surface area contributed by atoms with Crippen LogP contribution in [0.5, 0.6) is 0 Å². The summed E-state index contributed by atoms with van der Waals surface area (Å²) in [5.74, 6) is 0. The van der Waals surface area contributed by atoms with Crippen molar-refractivity contribution >= 4 is 26.8 Å². The molecule has 0 rings (SSSR count). The third-order valence-electron chi connectivity index (χ3n) is 4.74. The second kappa shape index (κ2) is 96.8. The fourth-order valence-corrected chi connectivity index (χ4v) is 2.21. The van der Waals surface area contributed by atoms with Gasteiger partial charge in [0.1, 0.15) is 0 Å². The van der Waals surface area contributed by atoms with Gasteiger partial charge in [0.05, 0.1) is 4.22 Å². The Bertz CT molecular complexity index is 4450. The van der Waals surface area contributed by atoms with Crippen LogP contribution in [0.4, 0.5) is 0 Å². The molecule has 0 saturated carbocycles. The number of hydrogen-bond donors (Lipinski definition) is 1. The van der Waals surface area contributed by atoms with Gasteiger partial charge in [0.2, 0.25) is 0 Å². The summed E-state index contributed by atoms with van der Waals surface area (Å²) in [5.41, 5.74) is 6.27. The average Bonchev–Trinajstić information content (AvgIpc) is 2.28. The van der Waals surface area contributed by atoms with E-state index < -0.39 is 0 Å². The minimum atomic E-state index is 1.33. The van der Waals surface area contributed by atoms with E-state index in [1.807, 2.05) is 22.6 Å². The minimum Gasteiger partial charge on any atom is -0.183 e. The van der Waals surface area contributed by atoms with Crippen LogP contribution in [0.2, 0.25) is 0 Å². The Kier molecular flexibility index (Phi) is 78.2. The van der Waals surface area contributed by atoms with Gasteiger partial charge in [0, 0.05) is 528 Å². The van der Waals surface area contributed by atoms with Gasteiger partial charge in [-0.1, -0.05) is 0 Å². The minimum absolute atomic E-state index is 1.33. The van der Waals surface area contributed by atoms with Crippen LogP contribution in [0.3, 0.4) is 0 Å². The maximum atomic E-state index is 6.27. The molecule has 0 aliphatic rings. The molecule has 0 heterocycles. The first-order valence-electron chi connectivity index (χ1n) is 24.1. The molecule has 0 unspecified atom stereocenters. The van der Waals surface area contributed by atoms with Gasteiger partial charge in [0.15, 0.2) is 0 Å². The van der Waals surface area contributed by atoms with Crippen molar-refractivity contribution in [2.75, 3.05) is 0 Å². The summed E-state index contributed by atoms with van der Waals surface area (Å²) in [7, 11) is 0. The molecule has 0 atom stereocenters. The molecule has 120 heteroatoms. The van der Waals surface area contributed by atoms with Crippen LogP contribution in [-0.4, -0.2) is 4.22 Å². The Labute approximate surface area is 647 Å². The molecule has 1 N–H and O–H groups in total. The summed E-state index contributed by atoms with van der Waals surface area (Å²) in [6, 6.07) is 0. The van der Waals surface area contributed by atoms with E-state index in [-0.39, 0.29) is 0 Å². The first kappa shape index (κ1) is 97.8. The van der Waals surface area contributed by atoms with Gasteiger partial charge in [-0.2, -0.15) is 5.53 Å². The molecule has 0 radical (unpaired) electrons. The molecule has 0 aliphatic heterocycles. The van der Waals surface area contributed by atoms with Crippen molar-refractivity contribution in [2.24, 2.45) is 616 Å². The lowest BCUT2D eigenvalue weighted by molar-refractivity contribution is 0.722. The zero-order valence-corrected chi connectivity index (χ0v) is 56.4. The molecule has 608 valence electrons. The Balaban J connectivity index is 4.13. The zero-order valence-electron chi connectivity index (χ0n) is 54.2. The van der Waals surface area contributed by atoms with Crippen molar-refractivity contribution in [3.8, 4) is 0 Å². The number of nitrogens with zero attached hydrogens (tertiary/aromatic N) is 118. The first-order valence-corrected chi connectivity index (χ1v) is 25.3. The van der Waals surface area contributed by atoms with E-state index in [0.717, 1.165) is 0 Å². The van der Waals surface area contributed by atoms with Gasteiger partial charge in [0.25, 0.3) is 0 Å². The van der Waals surface area contributed by atoms with Crippen LogP contribution in [0.15, 0.2) is 616 Å². The highest BCUT2D eigenvalue weighted by molar-refractivity contribution is 14.1. The first-order chi connectivity index (χ1) is 60.4. The Morgan fingerprint density at radius 1 is 0.0826 bits per heavy atom. The number of rotatable bonds is 59. The molecular formula is CH2IN119. The molecule has 0 aromatic carbocycles. The van der Waals surface area contributed by atoms with E-state index in [1.165, 1.54) is 4.22 Å². The number of hydrogen-bond acceptors (Lipinski definition) is 2. The summed E-state index contributed by atoms with van der Waals surface area (Å²) in [6.07, 6.45) is 0. The maximum absolute atomic E-state index is 6.27. The number of halogens is 1. The summed E-state index contributed by atoms with van der Waals surface area (Å²) >= 11 is 1.81. The topological polar surface area (TPSA) is 1480 Å². The van der Waals surface area contributed by atoms with Crippen LogP contribution < -0.4 is 0 Å². The van der Waals surface area contributed by atoms with Gasteiger partial charge in [-0.15, -0.1) is 5.10 Å². The molecule has 0 saturated heterocycles. The van der Waals surface area contributed by atoms with Gasteiger partial charge >= 0.3 is 0 Å². The molecule has 0 bridgehead atoms. The maximum Gasteiger partial charge on any atom is 0.0897 e. The van der Waals surface area contributed by atoms with E-state index >= 15 is 0 Å². The Morgan fingerprint density at radius 3 is 0.182 bits per heavy atom. The van der Waals surface area contributed by atoms with E-state index in [2.05, 4.69) is 616 Å². The van der Waals surface area contributed by atoms with Crippen LogP contribution in [0.1, 0.15) is 0 Å². The molecule has 0 aromatic rings.